The molecule has 0 amide bonds. The highest BCUT2D eigenvalue weighted by atomic mass is 32.2. The molecule has 0 aliphatic rings. The lowest BCUT2D eigenvalue weighted by Gasteiger charge is -2.11. The molecule has 0 aromatic heterocycles. The third-order valence-corrected chi connectivity index (χ3v) is 5.79. The molecule has 0 bridgehead atoms. The largest absolute Gasteiger partial charge is 0.398 e. The molecule has 0 radical (unpaired) electrons. The summed E-state index contributed by atoms with van der Waals surface area (Å²) >= 11 is 1.61. The summed E-state index contributed by atoms with van der Waals surface area (Å²) in [6.45, 7) is 6.44. The van der Waals surface area contributed by atoms with Gasteiger partial charge in [0.2, 0.25) is 10.0 Å². The van der Waals surface area contributed by atoms with Crippen LogP contribution in [0, 0.1) is 5.92 Å². The summed E-state index contributed by atoms with van der Waals surface area (Å²) in [5, 5.41) is 0. The molecule has 1 atom stereocenters. The van der Waals surface area contributed by atoms with Gasteiger partial charge in [0.15, 0.2) is 0 Å². The van der Waals surface area contributed by atoms with E-state index in [9.17, 15) is 8.42 Å². The van der Waals surface area contributed by atoms with Crippen LogP contribution in [0.5, 0.6) is 0 Å². The fraction of sp³-hybridized carbons (Fsp3) is 0.538. The van der Waals surface area contributed by atoms with E-state index in [-0.39, 0.29) is 4.90 Å². The second kappa shape index (κ2) is 7.17. The third-order valence-electron chi connectivity index (χ3n) is 2.85. The molecule has 4 nitrogen and oxygen atoms in total. The topological polar surface area (TPSA) is 72.2 Å². The molecule has 0 aliphatic heterocycles. The van der Waals surface area contributed by atoms with Gasteiger partial charge in [-0.15, -0.1) is 11.8 Å². The van der Waals surface area contributed by atoms with E-state index < -0.39 is 10.0 Å². The Morgan fingerprint density at radius 1 is 1.37 bits per heavy atom. The van der Waals surface area contributed by atoms with Crippen molar-refractivity contribution >= 4 is 27.5 Å². The molecule has 0 saturated heterocycles. The minimum absolute atomic E-state index is 0.273. The Morgan fingerprint density at radius 2 is 2.05 bits per heavy atom. The van der Waals surface area contributed by atoms with Crippen LogP contribution in [0.15, 0.2) is 28.0 Å². The van der Waals surface area contributed by atoms with Gasteiger partial charge in [-0.3, -0.25) is 0 Å². The summed E-state index contributed by atoms with van der Waals surface area (Å²) in [7, 11) is -3.41. The summed E-state index contributed by atoms with van der Waals surface area (Å²) in [4.78, 5) is 1.11. The van der Waals surface area contributed by atoms with Gasteiger partial charge in [0.25, 0.3) is 0 Å². The zero-order valence-corrected chi connectivity index (χ0v) is 13.3. The van der Waals surface area contributed by atoms with Crippen molar-refractivity contribution in [2.45, 2.75) is 37.0 Å². The first kappa shape index (κ1) is 16.3. The molecule has 1 aromatic carbocycles. The molecule has 0 fully saturated rings. The summed E-state index contributed by atoms with van der Waals surface area (Å²) in [5.41, 5.74) is 6.53. The number of rotatable bonds is 7. The molecule has 19 heavy (non-hydrogen) atoms. The van der Waals surface area contributed by atoms with Crippen LogP contribution in [0.3, 0.4) is 0 Å². The monoisotopic (exact) mass is 302 g/mol. The van der Waals surface area contributed by atoms with Crippen molar-refractivity contribution in [2.24, 2.45) is 5.92 Å². The van der Waals surface area contributed by atoms with Crippen molar-refractivity contribution in [1.82, 2.24) is 4.72 Å². The van der Waals surface area contributed by atoms with Gasteiger partial charge < -0.3 is 5.73 Å². The van der Waals surface area contributed by atoms with Gasteiger partial charge in [0, 0.05) is 22.9 Å². The number of hydrogen-bond acceptors (Lipinski definition) is 4. The normalized spacial score (nSPS) is 13.4. The lowest BCUT2D eigenvalue weighted by Crippen LogP contribution is -2.23. The lowest BCUT2D eigenvalue weighted by molar-refractivity contribution is 0.583. The van der Waals surface area contributed by atoms with E-state index in [4.69, 9.17) is 5.73 Å². The predicted molar refractivity (Wildman–Crippen MR) is 81.9 cm³/mol. The summed E-state index contributed by atoms with van der Waals surface area (Å²) in [6, 6.07) is 4.85. The third kappa shape index (κ3) is 4.71. The number of thioether (sulfide) groups is 1. The molecule has 6 heteroatoms. The van der Waals surface area contributed by atoms with Gasteiger partial charge in [-0.1, -0.05) is 27.2 Å². The fourth-order valence-corrected chi connectivity index (χ4v) is 3.72. The predicted octanol–water partition coefficient (Wildman–Crippen LogP) is 2.71. The number of nitrogens with two attached hydrogens (primary N) is 1. The van der Waals surface area contributed by atoms with Gasteiger partial charge in [-0.25, -0.2) is 13.1 Å². The number of nitrogen functional groups attached to an aromatic ring is 1. The SMILES string of the molecule is CCNS(=O)(=O)c1ccc(N)c(SCC(C)CC)c1. The number of sulfonamides is 1. The Morgan fingerprint density at radius 3 is 2.63 bits per heavy atom. The molecular formula is C13H22N2O2S2. The lowest BCUT2D eigenvalue weighted by atomic mass is 10.2. The molecular weight excluding hydrogens is 280 g/mol. The molecule has 1 unspecified atom stereocenters. The highest BCUT2D eigenvalue weighted by molar-refractivity contribution is 7.99. The molecule has 0 saturated carbocycles. The highest BCUT2D eigenvalue weighted by Crippen LogP contribution is 2.29. The Bertz CT molecular complexity index is 515. The fourth-order valence-electron chi connectivity index (χ4n) is 1.43. The van der Waals surface area contributed by atoms with Crippen LogP contribution in [0.2, 0.25) is 0 Å². The van der Waals surface area contributed by atoms with Crippen molar-refractivity contribution in [2.75, 3.05) is 18.0 Å². The van der Waals surface area contributed by atoms with Crippen LogP contribution < -0.4 is 10.5 Å². The Kier molecular flexibility index (Phi) is 6.16. The average molecular weight is 302 g/mol. The molecule has 108 valence electrons. The van der Waals surface area contributed by atoms with Gasteiger partial charge in [-0.2, -0.15) is 0 Å². The van der Waals surface area contributed by atoms with Crippen molar-refractivity contribution in [3.63, 3.8) is 0 Å². The molecule has 3 N–H and O–H groups in total. The van der Waals surface area contributed by atoms with Crippen LogP contribution in [0.4, 0.5) is 5.69 Å². The zero-order valence-electron chi connectivity index (χ0n) is 11.6. The highest BCUT2D eigenvalue weighted by Gasteiger charge is 2.14. The van der Waals surface area contributed by atoms with E-state index in [1.54, 1.807) is 36.9 Å². The van der Waals surface area contributed by atoms with Crippen LogP contribution in [0.25, 0.3) is 0 Å². The first-order valence-corrected chi connectivity index (χ1v) is 8.89. The summed E-state index contributed by atoms with van der Waals surface area (Å²) < 4.78 is 26.3. The number of anilines is 1. The van der Waals surface area contributed by atoms with Crippen molar-refractivity contribution in [3.05, 3.63) is 18.2 Å². The first-order valence-electron chi connectivity index (χ1n) is 6.42. The van der Waals surface area contributed by atoms with Crippen LogP contribution in [-0.4, -0.2) is 20.7 Å². The number of hydrogen-bond donors (Lipinski definition) is 2. The van der Waals surface area contributed by atoms with Crippen molar-refractivity contribution < 1.29 is 8.42 Å². The Hall–Kier alpha value is -0.720. The second-order valence-electron chi connectivity index (χ2n) is 4.53. The minimum Gasteiger partial charge on any atom is -0.398 e. The standard InChI is InChI=1S/C13H22N2O2S2/c1-4-10(3)9-18-13-8-11(6-7-12(13)14)19(16,17)15-5-2/h6-8,10,15H,4-5,9,14H2,1-3H3. The van der Waals surface area contributed by atoms with Gasteiger partial charge >= 0.3 is 0 Å². The quantitative estimate of drug-likeness (QED) is 0.600. The molecule has 0 spiro atoms. The maximum Gasteiger partial charge on any atom is 0.240 e. The maximum atomic E-state index is 11.9. The molecule has 1 aromatic rings. The van der Waals surface area contributed by atoms with Gasteiger partial charge in [0.1, 0.15) is 0 Å². The first-order chi connectivity index (χ1) is 8.90. The van der Waals surface area contributed by atoms with E-state index >= 15 is 0 Å². The molecule has 0 aliphatic carbocycles. The van der Waals surface area contributed by atoms with E-state index in [0.717, 1.165) is 17.1 Å². The number of benzene rings is 1. The summed E-state index contributed by atoms with van der Waals surface area (Å²) in [5.74, 6) is 1.52. The Balaban J connectivity index is 2.94. The molecule has 0 heterocycles. The maximum absolute atomic E-state index is 11.9. The van der Waals surface area contributed by atoms with Crippen molar-refractivity contribution in [3.8, 4) is 0 Å². The number of nitrogens with one attached hydrogen (secondary N) is 1. The smallest absolute Gasteiger partial charge is 0.240 e. The van der Waals surface area contributed by atoms with E-state index in [0.29, 0.717) is 18.2 Å². The average Bonchev–Trinajstić information content (AvgIpc) is 2.37. The minimum atomic E-state index is -3.41. The van der Waals surface area contributed by atoms with E-state index in [2.05, 4.69) is 18.6 Å². The van der Waals surface area contributed by atoms with E-state index in [1.165, 1.54) is 0 Å². The Labute approximate surface area is 120 Å². The second-order valence-corrected chi connectivity index (χ2v) is 7.35. The van der Waals surface area contributed by atoms with Crippen LogP contribution in [0.1, 0.15) is 27.2 Å². The molecule has 1 rings (SSSR count). The van der Waals surface area contributed by atoms with Crippen LogP contribution >= 0.6 is 11.8 Å². The zero-order chi connectivity index (χ0) is 14.5. The van der Waals surface area contributed by atoms with Crippen LogP contribution in [-0.2, 0) is 10.0 Å². The van der Waals surface area contributed by atoms with E-state index in [1.807, 2.05) is 0 Å². The van der Waals surface area contributed by atoms with Gasteiger partial charge in [-0.05, 0) is 24.1 Å². The van der Waals surface area contributed by atoms with Gasteiger partial charge in [0.05, 0.1) is 4.90 Å². The van der Waals surface area contributed by atoms with Crippen molar-refractivity contribution in [1.29, 1.82) is 0 Å². The summed E-state index contributed by atoms with van der Waals surface area (Å²) in [6.07, 6.45) is 1.10.